The zero-order valence-electron chi connectivity index (χ0n) is 23.4. The number of aromatic nitrogens is 1. The summed E-state index contributed by atoms with van der Waals surface area (Å²) in [5, 5.41) is 14.0. The number of terminal acetylenes is 1. The van der Waals surface area contributed by atoms with E-state index in [1.165, 1.54) is 4.90 Å². The van der Waals surface area contributed by atoms with Crippen molar-refractivity contribution >= 4 is 40.9 Å². The molecule has 0 aliphatic carbocycles. The molecule has 220 valence electrons. The van der Waals surface area contributed by atoms with Gasteiger partial charge in [0.25, 0.3) is 5.91 Å². The Kier molecular flexibility index (Phi) is 8.64. The van der Waals surface area contributed by atoms with Gasteiger partial charge in [-0.3, -0.25) is 9.59 Å². The van der Waals surface area contributed by atoms with Gasteiger partial charge in [-0.15, -0.1) is 19.1 Å². The lowest BCUT2D eigenvalue weighted by Crippen LogP contribution is -2.55. The van der Waals surface area contributed by atoms with Crippen LogP contribution in [0.4, 0.5) is 9.52 Å². The van der Waals surface area contributed by atoms with E-state index in [-0.39, 0.29) is 41.7 Å². The topological polar surface area (TPSA) is 98.2 Å². The van der Waals surface area contributed by atoms with E-state index < -0.39 is 29.0 Å². The molecule has 1 aromatic heterocycles. The molecule has 2 amide bonds. The highest BCUT2D eigenvalue weighted by Gasteiger charge is 2.58. The Morgan fingerprint density at radius 1 is 1.29 bits per heavy atom. The lowest BCUT2D eigenvalue weighted by Gasteiger charge is -2.33. The lowest BCUT2D eigenvalue weighted by atomic mass is 10.00. The molecule has 3 saturated heterocycles. The Balaban J connectivity index is 1.30. The number of fused-ring (bicyclic) bond motifs is 1. The number of anilines is 1. The fourth-order valence-corrected chi connectivity index (χ4v) is 6.97. The Labute approximate surface area is 249 Å². The second-order valence-electron chi connectivity index (χ2n) is 11.5. The van der Waals surface area contributed by atoms with Gasteiger partial charge in [-0.1, -0.05) is 43.2 Å². The fourth-order valence-electron chi connectivity index (χ4n) is 5.74. The molecule has 5 rings (SSSR count). The molecular weight excluding hydrogens is 565 g/mol. The summed E-state index contributed by atoms with van der Waals surface area (Å²) < 4.78 is 20.6. The van der Waals surface area contributed by atoms with Crippen molar-refractivity contribution in [1.29, 1.82) is 0 Å². The Hall–Kier alpha value is -2.69. The van der Waals surface area contributed by atoms with Gasteiger partial charge < -0.3 is 29.9 Å². The highest BCUT2D eigenvalue weighted by atomic mass is 32.1. The van der Waals surface area contributed by atoms with Crippen molar-refractivity contribution in [1.82, 2.24) is 20.1 Å². The highest BCUT2D eigenvalue weighted by molar-refractivity contribution is 7.81. The van der Waals surface area contributed by atoms with Crippen molar-refractivity contribution in [2.24, 2.45) is 11.8 Å². The summed E-state index contributed by atoms with van der Waals surface area (Å²) in [5.74, 6) is 1.62. The fraction of sp³-hybridized carbons (Fsp3) is 0.552. The van der Waals surface area contributed by atoms with E-state index in [0.29, 0.717) is 22.7 Å². The maximum atomic E-state index is 14.9. The number of hydrogen-bond acceptors (Lipinski definition) is 9. The molecule has 3 fully saturated rings. The van der Waals surface area contributed by atoms with Crippen molar-refractivity contribution in [3.63, 3.8) is 0 Å². The van der Waals surface area contributed by atoms with Crippen LogP contribution in [0, 0.1) is 29.3 Å². The quantitative estimate of drug-likeness (QED) is 0.255. The normalized spacial score (nSPS) is 27.1. The van der Waals surface area contributed by atoms with Crippen LogP contribution in [0.5, 0.6) is 0 Å². The minimum absolute atomic E-state index is 0.0442. The number of nitrogens with zero attached hydrogens (tertiary/aromatic N) is 4. The maximum absolute atomic E-state index is 14.9. The van der Waals surface area contributed by atoms with Crippen molar-refractivity contribution in [3.05, 3.63) is 35.0 Å². The summed E-state index contributed by atoms with van der Waals surface area (Å²) in [4.78, 5) is 35.9. The second kappa shape index (κ2) is 11.9. The largest absolute Gasteiger partial charge is 0.375 e. The van der Waals surface area contributed by atoms with Gasteiger partial charge in [0.15, 0.2) is 10.1 Å². The van der Waals surface area contributed by atoms with E-state index >= 15 is 0 Å². The van der Waals surface area contributed by atoms with Crippen LogP contribution in [0.2, 0.25) is 0 Å². The number of hydrogen-bond donors (Lipinski definition) is 3. The molecule has 12 heteroatoms. The zero-order valence-corrected chi connectivity index (χ0v) is 25.1. The molecule has 0 bridgehead atoms. The summed E-state index contributed by atoms with van der Waals surface area (Å²) in [6.07, 6.45) is 5.56. The number of likely N-dealkylation sites (N-methyl/N-ethyl adjacent to an activating group) is 1. The zero-order chi connectivity index (χ0) is 29.5. The number of aliphatic hydroxyl groups is 1. The van der Waals surface area contributed by atoms with Gasteiger partial charge in [0, 0.05) is 43.9 Å². The van der Waals surface area contributed by atoms with Crippen LogP contribution in [0.25, 0.3) is 11.3 Å². The van der Waals surface area contributed by atoms with Crippen LogP contribution < -0.4 is 10.2 Å². The molecule has 2 aromatic rings. The van der Waals surface area contributed by atoms with Gasteiger partial charge in [-0.2, -0.15) is 4.39 Å². The van der Waals surface area contributed by atoms with Gasteiger partial charge in [0.1, 0.15) is 11.7 Å². The number of thiol groups is 1. The summed E-state index contributed by atoms with van der Waals surface area (Å²) in [5.41, 5.74) is 1.16. The molecule has 0 saturated carbocycles. The first kappa shape index (κ1) is 29.8. The number of carbonyl (C=O) groups is 2. The van der Waals surface area contributed by atoms with Crippen LogP contribution in [0.1, 0.15) is 30.6 Å². The lowest BCUT2D eigenvalue weighted by molar-refractivity contribution is -0.136. The summed E-state index contributed by atoms with van der Waals surface area (Å²) >= 11 is 5.38. The van der Waals surface area contributed by atoms with Crippen LogP contribution >= 0.6 is 24.0 Å². The van der Waals surface area contributed by atoms with Crippen molar-refractivity contribution in [2.75, 3.05) is 51.3 Å². The van der Waals surface area contributed by atoms with Crippen molar-refractivity contribution in [3.8, 4) is 23.6 Å². The number of rotatable bonds is 7. The van der Waals surface area contributed by atoms with Gasteiger partial charge in [-0.05, 0) is 31.5 Å². The van der Waals surface area contributed by atoms with Gasteiger partial charge >= 0.3 is 0 Å². The van der Waals surface area contributed by atoms with Gasteiger partial charge in [-0.25, -0.2) is 4.98 Å². The molecule has 5 atom stereocenters. The number of benzene rings is 1. The predicted molar refractivity (Wildman–Crippen MR) is 159 cm³/mol. The maximum Gasteiger partial charge on any atom is 0.251 e. The molecule has 2 N–H and O–H groups in total. The number of ether oxygens (including phenoxy) is 1. The number of amides is 2. The van der Waals surface area contributed by atoms with E-state index in [4.69, 9.17) is 11.2 Å². The Morgan fingerprint density at radius 3 is 2.61 bits per heavy atom. The first-order valence-corrected chi connectivity index (χ1v) is 15.1. The summed E-state index contributed by atoms with van der Waals surface area (Å²) in [6, 6.07) is 4.99. The van der Waals surface area contributed by atoms with Gasteiger partial charge in [0.2, 0.25) is 11.0 Å². The number of piperazine rings is 1. The van der Waals surface area contributed by atoms with Gasteiger partial charge in [0.05, 0.1) is 24.7 Å². The molecule has 41 heavy (non-hydrogen) atoms. The monoisotopic (exact) mass is 601 g/mol. The molecule has 0 unspecified atom stereocenters. The molecule has 1 aromatic carbocycles. The minimum atomic E-state index is -1.54. The summed E-state index contributed by atoms with van der Waals surface area (Å²) in [6.45, 7) is 7.47. The molecule has 9 nitrogen and oxygen atoms in total. The van der Waals surface area contributed by atoms with Crippen molar-refractivity contribution in [2.45, 2.75) is 43.4 Å². The first-order valence-electron chi connectivity index (χ1n) is 13.8. The van der Waals surface area contributed by atoms with E-state index in [9.17, 15) is 19.1 Å². The van der Waals surface area contributed by atoms with Crippen LogP contribution in [0.3, 0.4) is 0 Å². The average Bonchev–Trinajstić information content (AvgIpc) is 3.61. The van der Waals surface area contributed by atoms with Crippen LogP contribution in [0.15, 0.2) is 24.3 Å². The number of thiazole rings is 1. The van der Waals surface area contributed by atoms with Crippen molar-refractivity contribution < 1.29 is 23.8 Å². The molecule has 0 spiro atoms. The van der Waals surface area contributed by atoms with Crippen LogP contribution in [-0.2, 0) is 9.53 Å². The van der Waals surface area contributed by atoms with E-state index in [1.54, 1.807) is 24.3 Å². The SMILES string of the molecule is C#C[C@@H]1CN(C(=O)[C@H](CC(C)C)NC(=O)c2ccc(-c3nc(N4CCN(C)CC4)sc3F)cc2)[C@H]2[C@@H]1OC[C@@]2(O)S. The Morgan fingerprint density at radius 2 is 1.98 bits per heavy atom. The number of nitrogens with one attached hydrogen (secondary N) is 1. The Bertz CT molecular complexity index is 1320. The third-order valence-electron chi connectivity index (χ3n) is 7.98. The molecule has 3 aliphatic heterocycles. The average molecular weight is 602 g/mol. The van der Waals surface area contributed by atoms with E-state index in [2.05, 4.69) is 45.7 Å². The van der Waals surface area contributed by atoms with Crippen LogP contribution in [-0.4, -0.2) is 101 Å². The number of likely N-dealkylation sites (tertiary alicyclic amines) is 1. The first-order chi connectivity index (χ1) is 19.5. The molecule has 3 aliphatic rings. The molecule has 0 radical (unpaired) electrons. The highest BCUT2D eigenvalue weighted by Crippen LogP contribution is 2.41. The third-order valence-corrected chi connectivity index (χ3v) is 9.27. The molecule has 4 heterocycles. The standard InChI is InChI=1S/C29H36FN5O4S2/c1-5-18-15-35(24-23(18)39-16-29(24,38)40)27(37)21(14-17(2)3)31-26(36)20-8-6-19(7-9-20)22-25(30)41-28(32-22)34-12-10-33(4)11-13-34/h1,6-9,17-18,21,23-24,38,40H,10-16H2,2-4H3,(H,31,36)/t18-,21+,23-,24+,29-/m1/s1. The van der Waals surface area contributed by atoms with E-state index in [1.807, 2.05) is 13.8 Å². The molecular formula is C29H36FN5O4S2. The third kappa shape index (κ3) is 6.10. The predicted octanol–water partition coefficient (Wildman–Crippen LogP) is 2.32. The smallest absolute Gasteiger partial charge is 0.251 e. The minimum Gasteiger partial charge on any atom is -0.375 e. The number of halogens is 1. The second-order valence-corrected chi connectivity index (χ2v) is 13.2. The van der Waals surface area contributed by atoms with E-state index in [0.717, 1.165) is 37.5 Å². The number of carbonyl (C=O) groups excluding carboxylic acids is 2. The summed E-state index contributed by atoms with van der Waals surface area (Å²) in [7, 11) is 2.06.